The number of carbonyl (C=O) groups excluding carboxylic acids is 2. The van der Waals surface area contributed by atoms with Crippen molar-refractivity contribution in [3.63, 3.8) is 0 Å². The summed E-state index contributed by atoms with van der Waals surface area (Å²) in [5.74, 6) is -0.0669. The normalized spacial score (nSPS) is 14.1. The van der Waals surface area contributed by atoms with Crippen LogP contribution in [0.15, 0.2) is 78.6 Å². The molecular formula is C25H20Cl2N2O3. The zero-order chi connectivity index (χ0) is 22.5. The smallest absolute Gasteiger partial charge is 0.294 e. The maximum absolute atomic E-state index is 13.2. The molecule has 3 aromatic carbocycles. The molecule has 0 atom stereocenters. The van der Waals surface area contributed by atoms with Crippen LogP contribution in [0, 0.1) is 0 Å². The van der Waals surface area contributed by atoms with Gasteiger partial charge >= 0.3 is 0 Å². The minimum Gasteiger partial charge on any atom is -0.449 e. The summed E-state index contributed by atoms with van der Waals surface area (Å²) in [6.45, 7) is 0.322. The average Bonchev–Trinajstić information content (AvgIpc) is 2.79. The van der Waals surface area contributed by atoms with Crippen molar-refractivity contribution in [1.82, 2.24) is 5.32 Å². The van der Waals surface area contributed by atoms with E-state index in [1.165, 1.54) is 4.90 Å². The number of ether oxygens (including phenoxy) is 1. The summed E-state index contributed by atoms with van der Waals surface area (Å²) in [5.41, 5.74) is 2.26. The fourth-order valence-corrected chi connectivity index (χ4v) is 3.67. The van der Waals surface area contributed by atoms with E-state index >= 15 is 0 Å². The van der Waals surface area contributed by atoms with Crippen molar-refractivity contribution in [1.29, 1.82) is 0 Å². The molecule has 0 aromatic heterocycles. The van der Waals surface area contributed by atoms with E-state index < -0.39 is 5.91 Å². The van der Waals surface area contributed by atoms with Gasteiger partial charge < -0.3 is 10.1 Å². The van der Waals surface area contributed by atoms with Gasteiger partial charge in [-0.3, -0.25) is 14.5 Å². The lowest BCUT2D eigenvalue weighted by Crippen LogP contribution is -2.44. The van der Waals surface area contributed by atoms with E-state index in [4.69, 9.17) is 27.9 Å². The Kier molecular flexibility index (Phi) is 6.78. The lowest BCUT2D eigenvalue weighted by atomic mass is 10.1. The molecule has 0 saturated heterocycles. The molecule has 1 aliphatic rings. The van der Waals surface area contributed by atoms with E-state index in [1.807, 2.05) is 42.5 Å². The second-order valence-electron chi connectivity index (χ2n) is 7.22. The van der Waals surface area contributed by atoms with Crippen LogP contribution < -0.4 is 15.0 Å². The molecule has 1 aliphatic heterocycles. The molecule has 0 radical (unpaired) electrons. The first-order valence-electron chi connectivity index (χ1n) is 10.1. The number of nitrogens with one attached hydrogen (secondary N) is 1. The number of hydrogen-bond donors (Lipinski definition) is 1. The van der Waals surface area contributed by atoms with Gasteiger partial charge in [0.15, 0.2) is 11.5 Å². The Balaban J connectivity index is 1.48. The maximum atomic E-state index is 13.2. The highest BCUT2D eigenvalue weighted by Gasteiger charge is 2.31. The van der Waals surface area contributed by atoms with Gasteiger partial charge in [0.25, 0.3) is 5.91 Å². The van der Waals surface area contributed by atoms with Crippen LogP contribution in [-0.2, 0) is 16.0 Å². The number of para-hydroxylation sites is 2. The first kappa shape index (κ1) is 21.9. The SMILES string of the molecule is O=C(CN1C(=O)C(=Cc2ccccc2Cl)Oc2ccccc21)NCCc1ccc(Cl)cc1. The zero-order valence-corrected chi connectivity index (χ0v) is 18.6. The fourth-order valence-electron chi connectivity index (χ4n) is 3.35. The number of amides is 2. The van der Waals surface area contributed by atoms with E-state index in [2.05, 4.69) is 5.32 Å². The molecule has 2 amide bonds. The Hall–Kier alpha value is -3.28. The van der Waals surface area contributed by atoms with Crippen molar-refractivity contribution in [2.45, 2.75) is 6.42 Å². The van der Waals surface area contributed by atoms with Crippen molar-refractivity contribution >= 4 is 46.8 Å². The highest BCUT2D eigenvalue weighted by molar-refractivity contribution is 6.32. The van der Waals surface area contributed by atoms with Crippen LogP contribution in [0.1, 0.15) is 11.1 Å². The van der Waals surface area contributed by atoms with Gasteiger partial charge in [-0.2, -0.15) is 0 Å². The minimum atomic E-state index is -0.406. The summed E-state index contributed by atoms with van der Waals surface area (Å²) in [7, 11) is 0. The van der Waals surface area contributed by atoms with Gasteiger partial charge in [0, 0.05) is 16.6 Å². The summed E-state index contributed by atoms with van der Waals surface area (Å²) in [4.78, 5) is 27.2. The van der Waals surface area contributed by atoms with Crippen molar-refractivity contribution < 1.29 is 14.3 Å². The molecule has 0 bridgehead atoms. The van der Waals surface area contributed by atoms with E-state index in [0.717, 1.165) is 5.56 Å². The number of benzene rings is 3. The molecule has 7 heteroatoms. The van der Waals surface area contributed by atoms with Gasteiger partial charge in [0.2, 0.25) is 5.91 Å². The molecule has 0 spiro atoms. The molecule has 4 rings (SSSR count). The summed E-state index contributed by atoms with van der Waals surface area (Å²) in [6, 6.07) is 21.7. The number of carbonyl (C=O) groups is 2. The predicted molar refractivity (Wildman–Crippen MR) is 127 cm³/mol. The van der Waals surface area contributed by atoms with Crippen LogP contribution in [0.4, 0.5) is 5.69 Å². The van der Waals surface area contributed by atoms with Crippen LogP contribution in [-0.4, -0.2) is 24.9 Å². The minimum absolute atomic E-state index is 0.103. The van der Waals surface area contributed by atoms with E-state index in [0.29, 0.717) is 40.0 Å². The topological polar surface area (TPSA) is 58.6 Å². The number of rotatable bonds is 6. The van der Waals surface area contributed by atoms with Crippen molar-refractivity contribution in [3.8, 4) is 5.75 Å². The molecule has 0 fully saturated rings. The number of hydrogen-bond acceptors (Lipinski definition) is 3. The van der Waals surface area contributed by atoms with Crippen molar-refractivity contribution in [3.05, 3.63) is 99.7 Å². The molecule has 1 heterocycles. The second-order valence-corrected chi connectivity index (χ2v) is 8.06. The lowest BCUT2D eigenvalue weighted by molar-refractivity contribution is -0.123. The van der Waals surface area contributed by atoms with Gasteiger partial charge in [0.1, 0.15) is 6.54 Å². The number of fused-ring (bicyclic) bond motifs is 1. The Bertz CT molecular complexity index is 1180. The number of halogens is 2. The Labute approximate surface area is 196 Å². The summed E-state index contributed by atoms with van der Waals surface area (Å²) in [5, 5.41) is 4.04. The molecule has 0 aliphatic carbocycles. The number of nitrogens with zero attached hydrogens (tertiary/aromatic N) is 1. The van der Waals surface area contributed by atoms with Crippen molar-refractivity contribution in [2.24, 2.45) is 0 Å². The van der Waals surface area contributed by atoms with Crippen LogP contribution in [0.2, 0.25) is 10.0 Å². The molecule has 0 unspecified atom stereocenters. The summed E-state index contributed by atoms with van der Waals surface area (Å²) >= 11 is 12.1. The first-order chi connectivity index (χ1) is 15.5. The maximum Gasteiger partial charge on any atom is 0.294 e. The van der Waals surface area contributed by atoms with E-state index in [9.17, 15) is 9.59 Å². The standard InChI is InChI=1S/C25H20Cl2N2O3/c26-19-11-9-17(10-12-19)13-14-28-24(30)16-29-21-7-3-4-8-22(21)32-23(25(29)31)15-18-5-1-2-6-20(18)27/h1-12,15H,13-14,16H2,(H,28,30). The first-order valence-corrected chi connectivity index (χ1v) is 10.8. The highest BCUT2D eigenvalue weighted by Crippen LogP contribution is 2.35. The van der Waals surface area contributed by atoms with Crippen molar-refractivity contribution in [2.75, 3.05) is 18.0 Å². The van der Waals surface area contributed by atoms with Gasteiger partial charge in [0.05, 0.1) is 5.69 Å². The third kappa shape index (κ3) is 5.13. The third-order valence-electron chi connectivity index (χ3n) is 4.97. The Morgan fingerprint density at radius 2 is 1.69 bits per heavy atom. The lowest BCUT2D eigenvalue weighted by Gasteiger charge is -2.30. The molecule has 3 aromatic rings. The van der Waals surface area contributed by atoms with E-state index in [1.54, 1.807) is 36.4 Å². The largest absolute Gasteiger partial charge is 0.449 e. The second kappa shape index (κ2) is 9.90. The van der Waals surface area contributed by atoms with Gasteiger partial charge in [-0.15, -0.1) is 0 Å². The molecule has 1 N–H and O–H groups in total. The predicted octanol–water partition coefficient (Wildman–Crippen LogP) is 5.12. The van der Waals surface area contributed by atoms with E-state index in [-0.39, 0.29) is 18.2 Å². The molecule has 5 nitrogen and oxygen atoms in total. The third-order valence-corrected chi connectivity index (χ3v) is 5.57. The molecule has 162 valence electrons. The molecular weight excluding hydrogens is 447 g/mol. The molecule has 32 heavy (non-hydrogen) atoms. The summed E-state index contributed by atoms with van der Waals surface area (Å²) in [6.07, 6.45) is 2.25. The highest BCUT2D eigenvalue weighted by atomic mass is 35.5. The average molecular weight is 467 g/mol. The monoisotopic (exact) mass is 466 g/mol. The van der Waals surface area contributed by atoms with Gasteiger partial charge in [-0.25, -0.2) is 0 Å². The fraction of sp³-hybridized carbons (Fsp3) is 0.120. The van der Waals surface area contributed by atoms with Gasteiger partial charge in [-0.05, 0) is 54.0 Å². The Morgan fingerprint density at radius 1 is 0.969 bits per heavy atom. The van der Waals surface area contributed by atoms with Crippen LogP contribution >= 0.6 is 23.2 Å². The van der Waals surface area contributed by atoms with Crippen LogP contribution in [0.25, 0.3) is 6.08 Å². The Morgan fingerprint density at radius 3 is 2.47 bits per heavy atom. The molecule has 0 saturated carbocycles. The summed E-state index contributed by atoms with van der Waals surface area (Å²) < 4.78 is 5.83. The zero-order valence-electron chi connectivity index (χ0n) is 17.1. The van der Waals surface area contributed by atoms with Crippen LogP contribution in [0.3, 0.4) is 0 Å². The number of anilines is 1. The quantitative estimate of drug-likeness (QED) is 0.512. The van der Waals surface area contributed by atoms with Crippen LogP contribution in [0.5, 0.6) is 5.75 Å². The van der Waals surface area contributed by atoms with Gasteiger partial charge in [-0.1, -0.05) is 65.7 Å².